The van der Waals surface area contributed by atoms with Crippen molar-refractivity contribution in [2.45, 2.75) is 12.8 Å². The van der Waals surface area contributed by atoms with Gasteiger partial charge in [0.05, 0.1) is 5.56 Å². The number of hydrogen-bond donors (Lipinski definition) is 1. The lowest BCUT2D eigenvalue weighted by Crippen LogP contribution is -2.09. The van der Waals surface area contributed by atoms with Gasteiger partial charge >= 0.3 is 0 Å². The molecule has 0 bridgehead atoms. The van der Waals surface area contributed by atoms with E-state index in [9.17, 15) is 13.6 Å². The van der Waals surface area contributed by atoms with Crippen molar-refractivity contribution < 1.29 is 13.6 Å². The highest BCUT2D eigenvalue weighted by Gasteiger charge is 2.25. The summed E-state index contributed by atoms with van der Waals surface area (Å²) >= 11 is 0. The smallest absolute Gasteiger partial charge is 0.272 e. The molecule has 0 aromatic carbocycles. The standard InChI is InChI=1S/C8H8F2N2O/c1-8(9,10)6-2-5(4-13)7(11)12-3-6/h2-4H,1H3,(H2,11,12). The van der Waals surface area contributed by atoms with Gasteiger partial charge in [-0.25, -0.2) is 13.8 Å². The number of carbonyl (C=O) groups is 1. The second-order valence-corrected chi connectivity index (χ2v) is 2.70. The molecule has 70 valence electrons. The number of pyridine rings is 1. The monoisotopic (exact) mass is 186 g/mol. The number of hydrogen-bond acceptors (Lipinski definition) is 3. The molecule has 13 heavy (non-hydrogen) atoms. The molecule has 1 rings (SSSR count). The number of aldehydes is 1. The highest BCUT2D eigenvalue weighted by atomic mass is 19.3. The predicted octanol–water partition coefficient (Wildman–Crippen LogP) is 1.59. The maximum absolute atomic E-state index is 12.7. The summed E-state index contributed by atoms with van der Waals surface area (Å²) in [6, 6.07) is 1.04. The third-order valence-corrected chi connectivity index (χ3v) is 1.58. The molecule has 0 atom stereocenters. The van der Waals surface area contributed by atoms with Crippen molar-refractivity contribution in [2.24, 2.45) is 0 Å². The molecule has 0 spiro atoms. The van der Waals surface area contributed by atoms with E-state index in [2.05, 4.69) is 4.98 Å². The van der Waals surface area contributed by atoms with E-state index in [0.717, 1.165) is 19.2 Å². The number of anilines is 1. The summed E-state index contributed by atoms with van der Waals surface area (Å²) in [6.45, 7) is 0.731. The van der Waals surface area contributed by atoms with Gasteiger partial charge in [0.15, 0.2) is 6.29 Å². The number of nitrogens with two attached hydrogens (primary N) is 1. The van der Waals surface area contributed by atoms with Gasteiger partial charge in [-0.1, -0.05) is 0 Å². The maximum atomic E-state index is 12.7. The lowest BCUT2D eigenvalue weighted by molar-refractivity contribution is 0.0171. The van der Waals surface area contributed by atoms with Crippen LogP contribution in [0.5, 0.6) is 0 Å². The zero-order valence-corrected chi connectivity index (χ0v) is 6.92. The maximum Gasteiger partial charge on any atom is 0.272 e. The molecule has 1 aromatic rings. The summed E-state index contributed by atoms with van der Waals surface area (Å²) < 4.78 is 25.4. The van der Waals surface area contributed by atoms with Crippen LogP contribution in [0, 0.1) is 0 Å². The Morgan fingerprint density at radius 3 is 2.69 bits per heavy atom. The van der Waals surface area contributed by atoms with E-state index in [1.165, 1.54) is 0 Å². The zero-order chi connectivity index (χ0) is 10.1. The molecule has 0 fully saturated rings. The first-order valence-electron chi connectivity index (χ1n) is 3.54. The first-order chi connectivity index (χ1) is 5.95. The van der Waals surface area contributed by atoms with Crippen LogP contribution in [0.1, 0.15) is 22.8 Å². The van der Waals surface area contributed by atoms with Gasteiger partial charge in [0.1, 0.15) is 5.82 Å². The normalized spacial score (nSPS) is 11.3. The molecular formula is C8H8F2N2O. The Bertz CT molecular complexity index is 333. The van der Waals surface area contributed by atoms with E-state index in [4.69, 9.17) is 5.73 Å². The van der Waals surface area contributed by atoms with E-state index < -0.39 is 5.92 Å². The Morgan fingerprint density at radius 1 is 1.62 bits per heavy atom. The van der Waals surface area contributed by atoms with Crippen molar-refractivity contribution in [3.05, 3.63) is 23.4 Å². The molecule has 1 aromatic heterocycles. The lowest BCUT2D eigenvalue weighted by Gasteiger charge is -2.10. The van der Waals surface area contributed by atoms with Crippen molar-refractivity contribution in [2.75, 3.05) is 5.73 Å². The number of carbonyl (C=O) groups excluding carboxylic acids is 1. The van der Waals surface area contributed by atoms with Gasteiger partial charge < -0.3 is 5.73 Å². The number of alkyl halides is 2. The average molecular weight is 186 g/mol. The Balaban J connectivity index is 3.21. The quantitative estimate of drug-likeness (QED) is 0.713. The summed E-state index contributed by atoms with van der Waals surface area (Å²) in [5, 5.41) is 0. The Labute approximate surface area is 73.6 Å². The minimum atomic E-state index is -3.00. The molecule has 3 nitrogen and oxygen atoms in total. The molecule has 0 amide bonds. The third kappa shape index (κ3) is 1.99. The van der Waals surface area contributed by atoms with E-state index in [1.807, 2.05) is 0 Å². The molecule has 0 aliphatic rings. The molecule has 0 radical (unpaired) electrons. The molecule has 0 aliphatic carbocycles. The van der Waals surface area contributed by atoms with Gasteiger partial charge in [0.2, 0.25) is 0 Å². The predicted molar refractivity (Wildman–Crippen MR) is 43.6 cm³/mol. The fourth-order valence-corrected chi connectivity index (χ4v) is 0.827. The molecule has 2 N–H and O–H groups in total. The van der Waals surface area contributed by atoms with E-state index in [-0.39, 0.29) is 16.9 Å². The first kappa shape index (κ1) is 9.57. The van der Waals surface area contributed by atoms with Crippen LogP contribution in [-0.4, -0.2) is 11.3 Å². The van der Waals surface area contributed by atoms with Gasteiger partial charge in [0, 0.05) is 18.7 Å². The second kappa shape index (κ2) is 3.08. The summed E-state index contributed by atoms with van der Waals surface area (Å²) in [5.74, 6) is -3.04. The van der Waals surface area contributed by atoms with Gasteiger partial charge in [-0.15, -0.1) is 0 Å². The molecule has 0 saturated carbocycles. The molecule has 5 heteroatoms. The van der Waals surface area contributed by atoms with Crippen molar-refractivity contribution in [3.8, 4) is 0 Å². The van der Waals surface area contributed by atoms with E-state index >= 15 is 0 Å². The summed E-state index contributed by atoms with van der Waals surface area (Å²) in [6.07, 6.45) is 1.36. The number of aromatic nitrogens is 1. The van der Waals surface area contributed by atoms with Crippen molar-refractivity contribution in [3.63, 3.8) is 0 Å². The fraction of sp³-hybridized carbons (Fsp3) is 0.250. The summed E-state index contributed by atoms with van der Waals surface area (Å²) in [7, 11) is 0. The Morgan fingerprint density at radius 2 is 2.23 bits per heavy atom. The average Bonchev–Trinajstić information content (AvgIpc) is 2.03. The van der Waals surface area contributed by atoms with Crippen molar-refractivity contribution in [1.82, 2.24) is 4.98 Å². The van der Waals surface area contributed by atoms with Gasteiger partial charge in [0.25, 0.3) is 5.92 Å². The SMILES string of the molecule is CC(F)(F)c1cnc(N)c(C=O)c1. The first-order valence-corrected chi connectivity index (χ1v) is 3.54. The van der Waals surface area contributed by atoms with E-state index in [0.29, 0.717) is 6.29 Å². The largest absolute Gasteiger partial charge is 0.383 e. The zero-order valence-electron chi connectivity index (χ0n) is 6.92. The van der Waals surface area contributed by atoms with Crippen molar-refractivity contribution in [1.29, 1.82) is 0 Å². The van der Waals surface area contributed by atoms with Gasteiger partial charge in [-0.2, -0.15) is 0 Å². The number of nitrogen functional groups attached to an aromatic ring is 1. The third-order valence-electron chi connectivity index (χ3n) is 1.58. The number of nitrogens with zero attached hydrogens (tertiary/aromatic N) is 1. The van der Waals surface area contributed by atoms with E-state index in [1.54, 1.807) is 0 Å². The fourth-order valence-electron chi connectivity index (χ4n) is 0.827. The second-order valence-electron chi connectivity index (χ2n) is 2.70. The highest BCUT2D eigenvalue weighted by molar-refractivity contribution is 5.81. The van der Waals surface area contributed by atoms with Crippen molar-refractivity contribution >= 4 is 12.1 Å². The number of halogens is 2. The minimum Gasteiger partial charge on any atom is -0.383 e. The van der Waals surface area contributed by atoms with Crippen LogP contribution >= 0.6 is 0 Å². The molecule has 0 unspecified atom stereocenters. The molecule has 0 aliphatic heterocycles. The Kier molecular flexibility index (Phi) is 2.27. The van der Waals surface area contributed by atoms with Gasteiger partial charge in [-0.05, 0) is 6.07 Å². The summed E-state index contributed by atoms with van der Waals surface area (Å²) in [4.78, 5) is 13.8. The Hall–Kier alpha value is -1.52. The van der Waals surface area contributed by atoms with Gasteiger partial charge in [-0.3, -0.25) is 4.79 Å². The van der Waals surface area contributed by atoms with Crippen LogP contribution in [0.2, 0.25) is 0 Å². The summed E-state index contributed by atoms with van der Waals surface area (Å²) in [5.41, 5.74) is 4.93. The lowest BCUT2D eigenvalue weighted by atomic mass is 10.1. The minimum absolute atomic E-state index is 0.0148. The number of rotatable bonds is 2. The topological polar surface area (TPSA) is 56.0 Å². The van der Waals surface area contributed by atoms with Crippen LogP contribution < -0.4 is 5.73 Å². The molecule has 1 heterocycles. The van der Waals surface area contributed by atoms with Crippen LogP contribution in [0.4, 0.5) is 14.6 Å². The molecular weight excluding hydrogens is 178 g/mol. The van der Waals surface area contributed by atoms with Crippen LogP contribution in [-0.2, 0) is 5.92 Å². The van der Waals surface area contributed by atoms with Crippen LogP contribution in [0.15, 0.2) is 12.3 Å². The van der Waals surface area contributed by atoms with Crippen LogP contribution in [0.3, 0.4) is 0 Å². The van der Waals surface area contributed by atoms with Crippen LogP contribution in [0.25, 0.3) is 0 Å². The highest BCUT2D eigenvalue weighted by Crippen LogP contribution is 2.27. The molecule has 0 saturated heterocycles.